The molecule has 0 aromatic heterocycles. The number of hydrogen-bond donors (Lipinski definition) is 7. The number of primary amides is 1. The molecule has 4 amide bonds. The lowest BCUT2D eigenvalue weighted by Crippen LogP contribution is -2.57. The van der Waals surface area contributed by atoms with Crippen LogP contribution in [0.2, 0.25) is 0 Å². The van der Waals surface area contributed by atoms with Gasteiger partial charge in [-0.1, -0.05) is 149 Å². The Balaban J connectivity index is 5.28. The van der Waals surface area contributed by atoms with Crippen molar-refractivity contribution in [2.75, 3.05) is 13.1 Å². The molecule has 300 valence electrons. The third kappa shape index (κ3) is 28.0. The highest BCUT2D eigenvalue weighted by molar-refractivity contribution is 5.94. The van der Waals surface area contributed by atoms with Crippen molar-refractivity contribution in [2.45, 2.75) is 218 Å². The second-order valence-corrected chi connectivity index (χ2v) is 14.7. The van der Waals surface area contributed by atoms with Crippen molar-refractivity contribution in [3.05, 3.63) is 0 Å². The van der Waals surface area contributed by atoms with Gasteiger partial charge in [-0.25, -0.2) is 0 Å². The minimum atomic E-state index is -0.885. The van der Waals surface area contributed by atoms with Crippen LogP contribution in [0.1, 0.15) is 194 Å². The number of nitrogens with one attached hydrogen (secondary N) is 3. The highest BCUT2D eigenvalue weighted by Gasteiger charge is 2.29. The predicted molar refractivity (Wildman–Crippen MR) is 212 cm³/mol. The summed E-state index contributed by atoms with van der Waals surface area (Å²) in [4.78, 5) is 52.6. The summed E-state index contributed by atoms with van der Waals surface area (Å²) in [6.07, 6.45) is 27.8. The first-order valence-corrected chi connectivity index (χ1v) is 21.1. The Bertz CT molecular complexity index is 876. The van der Waals surface area contributed by atoms with Gasteiger partial charge in [0.2, 0.25) is 23.6 Å². The van der Waals surface area contributed by atoms with Crippen LogP contribution in [0.25, 0.3) is 0 Å². The number of rotatable bonds is 37. The summed E-state index contributed by atoms with van der Waals surface area (Å²) in [7, 11) is 0. The van der Waals surface area contributed by atoms with Crippen molar-refractivity contribution < 1.29 is 19.2 Å². The smallest absolute Gasteiger partial charge is 0.243 e. The first kappa shape index (κ1) is 48.8. The molecule has 0 fully saturated rings. The molecular formula is C40H81N7O4. The van der Waals surface area contributed by atoms with E-state index < -0.39 is 41.9 Å². The molecule has 0 spiro atoms. The average Bonchev–Trinajstić information content (AvgIpc) is 3.11. The number of carbonyl (C=O) groups is 4. The molecule has 0 aromatic carbocycles. The number of nitrogens with two attached hydrogens (primary N) is 4. The van der Waals surface area contributed by atoms with Crippen LogP contribution >= 0.6 is 0 Å². The van der Waals surface area contributed by atoms with E-state index in [1.54, 1.807) is 0 Å². The molecule has 51 heavy (non-hydrogen) atoms. The maximum Gasteiger partial charge on any atom is 0.243 e. The van der Waals surface area contributed by atoms with E-state index in [9.17, 15) is 19.2 Å². The van der Waals surface area contributed by atoms with Crippen LogP contribution in [0.15, 0.2) is 0 Å². The topological polar surface area (TPSA) is 208 Å². The first-order valence-electron chi connectivity index (χ1n) is 21.1. The largest absolute Gasteiger partial charge is 0.368 e. The van der Waals surface area contributed by atoms with E-state index >= 15 is 0 Å². The summed E-state index contributed by atoms with van der Waals surface area (Å²) in [5.41, 5.74) is 23.2. The fraction of sp³-hybridized carbons (Fsp3) is 0.900. The fourth-order valence-electron chi connectivity index (χ4n) is 6.45. The molecule has 0 radical (unpaired) electrons. The Labute approximate surface area is 312 Å². The van der Waals surface area contributed by atoms with Crippen LogP contribution in [-0.2, 0) is 19.2 Å². The molecule has 0 rings (SSSR count). The second kappa shape index (κ2) is 34.8. The quantitative estimate of drug-likeness (QED) is 0.0373. The molecule has 11 heteroatoms. The summed E-state index contributed by atoms with van der Waals surface area (Å²) in [5, 5.41) is 8.58. The van der Waals surface area contributed by atoms with Crippen LogP contribution in [0, 0.1) is 0 Å². The van der Waals surface area contributed by atoms with Crippen LogP contribution in [-0.4, -0.2) is 60.9 Å². The van der Waals surface area contributed by atoms with E-state index in [1.165, 1.54) is 83.5 Å². The molecule has 0 saturated heterocycles. The molecule has 0 bridgehead atoms. The maximum atomic E-state index is 13.7. The van der Waals surface area contributed by atoms with Crippen LogP contribution in [0.5, 0.6) is 0 Å². The SMILES string of the molecule is CCCCCCCCCCCCC(NC(=O)C(CCCCN)NC(=O)C(CCCCCCCCCCCC)NC(=O)C(N)CCCCN)C(N)=O. The van der Waals surface area contributed by atoms with Gasteiger partial charge in [-0.3, -0.25) is 19.2 Å². The number of amides is 4. The summed E-state index contributed by atoms with van der Waals surface area (Å²) in [5.74, 6) is -1.83. The van der Waals surface area contributed by atoms with Crippen molar-refractivity contribution in [2.24, 2.45) is 22.9 Å². The molecule has 0 saturated carbocycles. The number of carbonyl (C=O) groups excluding carboxylic acids is 4. The third-order valence-corrected chi connectivity index (χ3v) is 9.87. The molecule has 0 aliphatic heterocycles. The molecule has 4 unspecified atom stereocenters. The lowest BCUT2D eigenvalue weighted by molar-refractivity contribution is -0.133. The molecule has 4 atom stereocenters. The van der Waals surface area contributed by atoms with Gasteiger partial charge in [0, 0.05) is 0 Å². The van der Waals surface area contributed by atoms with Crippen molar-refractivity contribution in [3.8, 4) is 0 Å². The van der Waals surface area contributed by atoms with E-state index in [0.717, 1.165) is 57.8 Å². The van der Waals surface area contributed by atoms with Gasteiger partial charge >= 0.3 is 0 Å². The molecule has 0 aliphatic carbocycles. The second-order valence-electron chi connectivity index (χ2n) is 14.7. The Kier molecular flexibility index (Phi) is 33.3. The van der Waals surface area contributed by atoms with E-state index in [1.807, 2.05) is 0 Å². The van der Waals surface area contributed by atoms with E-state index in [4.69, 9.17) is 22.9 Å². The van der Waals surface area contributed by atoms with Crippen LogP contribution < -0.4 is 38.9 Å². The van der Waals surface area contributed by atoms with Crippen molar-refractivity contribution >= 4 is 23.6 Å². The maximum absolute atomic E-state index is 13.7. The lowest BCUT2D eigenvalue weighted by Gasteiger charge is -2.25. The normalized spacial score (nSPS) is 13.7. The molecular weight excluding hydrogens is 642 g/mol. The molecule has 11 N–H and O–H groups in total. The lowest BCUT2D eigenvalue weighted by atomic mass is 10.0. The molecule has 0 aliphatic rings. The third-order valence-electron chi connectivity index (χ3n) is 9.87. The fourth-order valence-corrected chi connectivity index (χ4v) is 6.45. The van der Waals surface area contributed by atoms with Gasteiger partial charge < -0.3 is 38.9 Å². The Morgan fingerprint density at radius 2 is 0.706 bits per heavy atom. The zero-order chi connectivity index (χ0) is 38.0. The summed E-state index contributed by atoms with van der Waals surface area (Å²) >= 11 is 0. The zero-order valence-corrected chi connectivity index (χ0v) is 33.0. The molecule has 0 heterocycles. The Hall–Kier alpha value is -2.24. The van der Waals surface area contributed by atoms with Crippen LogP contribution in [0.4, 0.5) is 0 Å². The monoisotopic (exact) mass is 724 g/mol. The standard InChI is InChI=1S/C40H81N7O4/c1-3-5-7-9-11-13-15-17-19-21-28-34(37(44)48)45-39(50)36(30-24-26-32-42)47-40(51)35(46-38(49)33(43)27-23-25-31-41)29-22-20-18-16-14-12-10-8-6-4-2/h33-36H,3-32,41-43H2,1-2H3,(H2,44,48)(H,45,50)(H,46,49)(H,47,51). The van der Waals surface area contributed by atoms with Gasteiger partial charge in [-0.2, -0.15) is 0 Å². The number of hydrogen-bond acceptors (Lipinski definition) is 7. The summed E-state index contributed by atoms with van der Waals surface area (Å²) in [6.45, 7) is 5.44. The first-order chi connectivity index (χ1) is 24.7. The minimum absolute atomic E-state index is 0.357. The van der Waals surface area contributed by atoms with Gasteiger partial charge in [-0.05, 0) is 58.0 Å². The Morgan fingerprint density at radius 1 is 0.412 bits per heavy atom. The Morgan fingerprint density at radius 3 is 1.08 bits per heavy atom. The molecule has 0 aromatic rings. The van der Waals surface area contributed by atoms with E-state index in [-0.39, 0.29) is 5.91 Å². The highest BCUT2D eigenvalue weighted by Crippen LogP contribution is 2.15. The van der Waals surface area contributed by atoms with Crippen molar-refractivity contribution in [3.63, 3.8) is 0 Å². The van der Waals surface area contributed by atoms with Crippen LogP contribution in [0.3, 0.4) is 0 Å². The van der Waals surface area contributed by atoms with E-state index in [0.29, 0.717) is 51.6 Å². The van der Waals surface area contributed by atoms with Crippen molar-refractivity contribution in [1.82, 2.24) is 16.0 Å². The van der Waals surface area contributed by atoms with Gasteiger partial charge in [0.05, 0.1) is 6.04 Å². The van der Waals surface area contributed by atoms with Gasteiger partial charge in [0.25, 0.3) is 0 Å². The zero-order valence-electron chi connectivity index (χ0n) is 33.0. The molecule has 11 nitrogen and oxygen atoms in total. The van der Waals surface area contributed by atoms with Gasteiger partial charge in [-0.15, -0.1) is 0 Å². The highest BCUT2D eigenvalue weighted by atomic mass is 16.2. The predicted octanol–water partition coefficient (Wildman–Crippen LogP) is 6.13. The summed E-state index contributed by atoms with van der Waals surface area (Å²) < 4.78 is 0. The van der Waals surface area contributed by atoms with Crippen molar-refractivity contribution in [1.29, 1.82) is 0 Å². The minimum Gasteiger partial charge on any atom is -0.368 e. The summed E-state index contributed by atoms with van der Waals surface area (Å²) in [6, 6.07) is -3.26. The van der Waals surface area contributed by atoms with E-state index in [2.05, 4.69) is 29.8 Å². The number of unbranched alkanes of at least 4 members (excludes halogenated alkanes) is 20. The average molecular weight is 724 g/mol. The van der Waals surface area contributed by atoms with Gasteiger partial charge in [0.15, 0.2) is 0 Å². The van der Waals surface area contributed by atoms with Gasteiger partial charge in [0.1, 0.15) is 18.1 Å².